The molecule has 0 saturated carbocycles. The maximum Gasteiger partial charge on any atom is 0.354 e. The monoisotopic (exact) mass is 416 g/mol. The van der Waals surface area contributed by atoms with Gasteiger partial charge >= 0.3 is 11.9 Å². The minimum absolute atomic E-state index is 0. The first-order valence-corrected chi connectivity index (χ1v) is 8.59. The Kier molecular flexibility index (Phi) is 6.61. The number of ether oxygens (including phenoxy) is 1. The van der Waals surface area contributed by atoms with E-state index < -0.39 is 11.9 Å². The van der Waals surface area contributed by atoms with Crippen LogP contribution in [-0.2, 0) is 4.74 Å². The Bertz CT molecular complexity index is 1160. The van der Waals surface area contributed by atoms with E-state index in [1.54, 1.807) is 32.0 Å². The molecule has 4 aromatic rings. The number of rotatable bonds is 2. The molecular weight excluding hydrogens is 394 g/mol. The number of methoxy groups -OCH3 is 1. The third kappa shape index (κ3) is 4.48. The summed E-state index contributed by atoms with van der Waals surface area (Å²) in [4.78, 5) is 27.2. The summed E-state index contributed by atoms with van der Waals surface area (Å²) >= 11 is 0. The Morgan fingerprint density at radius 3 is 1.70 bits per heavy atom. The van der Waals surface area contributed by atoms with Gasteiger partial charge in [0.05, 0.1) is 7.11 Å². The number of fused-ring (bicyclic) bond motifs is 2. The zero-order valence-electron chi connectivity index (χ0n) is 15.9. The van der Waals surface area contributed by atoms with Crippen molar-refractivity contribution in [3.05, 3.63) is 70.5 Å². The van der Waals surface area contributed by atoms with Crippen LogP contribution in [0.25, 0.3) is 21.8 Å². The third-order valence-electron chi connectivity index (χ3n) is 4.44. The lowest BCUT2D eigenvalue weighted by Crippen LogP contribution is -2.00. The number of carboxylic acid groups (broad SMARTS) is 1. The van der Waals surface area contributed by atoms with E-state index in [4.69, 9.17) is 5.11 Å². The van der Waals surface area contributed by atoms with Crippen LogP contribution < -0.4 is 0 Å². The fraction of sp³-hybridized carbons (Fsp3) is 0.182. The largest absolute Gasteiger partial charge is 0.477 e. The number of esters is 1. The van der Waals surface area contributed by atoms with Crippen LogP contribution in [0.1, 0.15) is 39.5 Å². The standard InChI is InChI=1S/C11H10FNO2.C10H8FNO2.CH4/c1-6-3-7-4-10(11(14)15-2)13-9(7)5-8(6)12;1-5-2-6-3-9(10(13)14)12-8(6)4-7(5)11;/h3-5,13H,1-2H3;2-4,12H,1H3,(H,13,14);1H4. The van der Waals surface area contributed by atoms with Gasteiger partial charge in [-0.05, 0) is 61.4 Å². The maximum absolute atomic E-state index is 13.2. The number of hydrogen-bond acceptors (Lipinski definition) is 3. The first-order chi connectivity index (χ1) is 13.7. The highest BCUT2D eigenvalue weighted by Gasteiger charge is 2.11. The van der Waals surface area contributed by atoms with Crippen molar-refractivity contribution >= 4 is 33.7 Å². The predicted molar refractivity (Wildman–Crippen MR) is 111 cm³/mol. The Morgan fingerprint density at radius 1 is 0.833 bits per heavy atom. The van der Waals surface area contributed by atoms with Gasteiger partial charge in [0.1, 0.15) is 23.0 Å². The summed E-state index contributed by atoms with van der Waals surface area (Å²) in [6.07, 6.45) is 0. The lowest BCUT2D eigenvalue weighted by Gasteiger charge is -1.95. The molecule has 4 rings (SSSR count). The number of H-pyrrole nitrogens is 2. The molecule has 0 fully saturated rings. The molecule has 0 unspecified atom stereocenters. The molecule has 30 heavy (non-hydrogen) atoms. The number of aromatic nitrogens is 2. The molecule has 2 heterocycles. The van der Waals surface area contributed by atoms with Crippen molar-refractivity contribution < 1.29 is 28.2 Å². The Balaban J connectivity index is 0.000000207. The van der Waals surface area contributed by atoms with E-state index >= 15 is 0 Å². The van der Waals surface area contributed by atoms with Gasteiger partial charge in [-0.1, -0.05) is 7.43 Å². The highest BCUT2D eigenvalue weighted by Crippen LogP contribution is 2.20. The number of carbonyl (C=O) groups excluding carboxylic acids is 1. The number of hydrogen-bond donors (Lipinski definition) is 3. The summed E-state index contributed by atoms with van der Waals surface area (Å²) in [5, 5.41) is 10.2. The Hall–Kier alpha value is -3.68. The van der Waals surface area contributed by atoms with Crippen LogP contribution in [0.5, 0.6) is 0 Å². The van der Waals surface area contributed by atoms with Gasteiger partial charge in [-0.2, -0.15) is 0 Å². The van der Waals surface area contributed by atoms with Crippen molar-refractivity contribution in [3.63, 3.8) is 0 Å². The van der Waals surface area contributed by atoms with Crippen LogP contribution in [0.3, 0.4) is 0 Å². The smallest absolute Gasteiger partial charge is 0.354 e. The first-order valence-electron chi connectivity index (χ1n) is 8.59. The predicted octanol–water partition coefficient (Wildman–Crippen LogP) is 5.35. The second kappa shape index (κ2) is 8.77. The number of benzene rings is 2. The van der Waals surface area contributed by atoms with E-state index in [-0.39, 0.29) is 24.8 Å². The summed E-state index contributed by atoms with van der Waals surface area (Å²) in [6.45, 7) is 3.32. The quantitative estimate of drug-likeness (QED) is 0.384. The van der Waals surface area contributed by atoms with E-state index in [0.29, 0.717) is 33.2 Å². The SMILES string of the molecule is C.COC(=O)c1cc2cc(C)c(F)cc2[nH]1.Cc1cc2cc(C(=O)O)[nH]c2cc1F. The number of carbonyl (C=O) groups is 2. The molecule has 0 saturated heterocycles. The van der Waals surface area contributed by atoms with Crippen molar-refractivity contribution in [1.82, 2.24) is 9.97 Å². The number of carboxylic acids is 1. The second-order valence-corrected chi connectivity index (χ2v) is 6.54. The molecule has 158 valence electrons. The minimum atomic E-state index is -1.04. The van der Waals surface area contributed by atoms with Crippen molar-refractivity contribution in [2.75, 3.05) is 7.11 Å². The van der Waals surface area contributed by atoms with Gasteiger partial charge in [-0.25, -0.2) is 18.4 Å². The lowest BCUT2D eigenvalue weighted by molar-refractivity contribution is 0.0594. The first kappa shape index (κ1) is 22.6. The van der Waals surface area contributed by atoms with E-state index in [1.807, 2.05) is 0 Å². The van der Waals surface area contributed by atoms with Crippen LogP contribution in [0.15, 0.2) is 36.4 Å². The van der Waals surface area contributed by atoms with Crippen molar-refractivity contribution in [2.45, 2.75) is 21.3 Å². The number of nitrogens with one attached hydrogen (secondary N) is 2. The average Bonchev–Trinajstić information content (AvgIpc) is 3.26. The molecule has 2 aromatic heterocycles. The molecule has 0 atom stereocenters. The van der Waals surface area contributed by atoms with Gasteiger partial charge in [0.2, 0.25) is 0 Å². The summed E-state index contributed by atoms with van der Waals surface area (Å²) in [6, 6.07) is 9.12. The molecule has 3 N–H and O–H groups in total. The summed E-state index contributed by atoms with van der Waals surface area (Å²) in [5.74, 6) is -2.12. The van der Waals surface area contributed by atoms with Crippen LogP contribution >= 0.6 is 0 Å². The van der Waals surface area contributed by atoms with Crippen molar-refractivity contribution in [2.24, 2.45) is 0 Å². The highest BCUT2D eigenvalue weighted by atomic mass is 19.1. The van der Waals surface area contributed by atoms with Crippen LogP contribution in [0, 0.1) is 25.5 Å². The maximum atomic E-state index is 13.2. The molecule has 0 radical (unpaired) electrons. The molecule has 0 bridgehead atoms. The number of aromatic carboxylic acids is 1. The van der Waals surface area contributed by atoms with Gasteiger partial charge < -0.3 is 19.8 Å². The fourth-order valence-electron chi connectivity index (χ4n) is 2.87. The van der Waals surface area contributed by atoms with Crippen LogP contribution in [-0.4, -0.2) is 34.1 Å². The summed E-state index contributed by atoms with van der Waals surface area (Å²) in [5.41, 5.74) is 2.57. The van der Waals surface area contributed by atoms with Crippen molar-refractivity contribution in [1.29, 1.82) is 0 Å². The Labute approximate surface area is 171 Å². The molecule has 0 aliphatic rings. The van der Waals surface area contributed by atoms with Gasteiger partial charge in [-0.15, -0.1) is 0 Å². The van der Waals surface area contributed by atoms with E-state index in [9.17, 15) is 18.4 Å². The highest BCUT2D eigenvalue weighted by molar-refractivity contribution is 5.95. The molecule has 6 nitrogen and oxygen atoms in total. The van der Waals surface area contributed by atoms with Gasteiger partial charge in [-0.3, -0.25) is 0 Å². The second-order valence-electron chi connectivity index (χ2n) is 6.54. The molecular formula is C22H22F2N2O4. The fourth-order valence-corrected chi connectivity index (χ4v) is 2.87. The zero-order chi connectivity index (χ0) is 21.3. The molecule has 0 aliphatic carbocycles. The van der Waals surface area contributed by atoms with E-state index in [0.717, 1.165) is 5.39 Å². The summed E-state index contributed by atoms with van der Waals surface area (Å²) in [7, 11) is 1.31. The number of aryl methyl sites for hydroxylation is 2. The van der Waals surface area contributed by atoms with Crippen molar-refractivity contribution in [3.8, 4) is 0 Å². The van der Waals surface area contributed by atoms with Gasteiger partial charge in [0, 0.05) is 21.8 Å². The summed E-state index contributed by atoms with van der Waals surface area (Å²) < 4.78 is 30.9. The normalized spacial score (nSPS) is 10.3. The number of halogens is 2. The number of aromatic amines is 2. The molecule has 0 amide bonds. The van der Waals surface area contributed by atoms with Crippen LogP contribution in [0.4, 0.5) is 8.78 Å². The minimum Gasteiger partial charge on any atom is -0.477 e. The molecule has 2 aromatic carbocycles. The van der Waals surface area contributed by atoms with Gasteiger partial charge in [0.25, 0.3) is 0 Å². The third-order valence-corrected chi connectivity index (χ3v) is 4.44. The molecule has 0 aliphatic heterocycles. The Morgan fingerprint density at radius 2 is 1.27 bits per heavy atom. The lowest BCUT2D eigenvalue weighted by atomic mass is 10.1. The molecule has 0 spiro atoms. The van der Waals surface area contributed by atoms with Gasteiger partial charge in [0.15, 0.2) is 0 Å². The average molecular weight is 416 g/mol. The zero-order valence-corrected chi connectivity index (χ0v) is 15.9. The van der Waals surface area contributed by atoms with Crippen LogP contribution in [0.2, 0.25) is 0 Å². The topological polar surface area (TPSA) is 95.2 Å². The van der Waals surface area contributed by atoms with E-state index in [1.165, 1.54) is 25.3 Å². The molecule has 8 heteroatoms. The van der Waals surface area contributed by atoms with E-state index in [2.05, 4.69) is 14.7 Å².